The fourth-order valence-electron chi connectivity index (χ4n) is 2.10. The van der Waals surface area contributed by atoms with Crippen molar-refractivity contribution in [3.05, 3.63) is 64.7 Å². The van der Waals surface area contributed by atoms with E-state index in [4.69, 9.17) is 16.3 Å². The van der Waals surface area contributed by atoms with Crippen LogP contribution >= 0.6 is 11.6 Å². The molecule has 0 radical (unpaired) electrons. The molecule has 120 valence electrons. The summed E-state index contributed by atoms with van der Waals surface area (Å²) in [5, 5.41) is 14.2. The fourth-order valence-corrected chi connectivity index (χ4v) is 2.22. The molecular weight excluding hydrogens is 318 g/mol. The molecule has 0 saturated carbocycles. The van der Waals surface area contributed by atoms with E-state index in [1.807, 2.05) is 0 Å². The molecule has 1 N–H and O–H groups in total. The van der Waals surface area contributed by atoms with Crippen LogP contribution in [0, 0.1) is 0 Å². The van der Waals surface area contributed by atoms with E-state index in [9.17, 15) is 14.7 Å². The first-order valence-corrected chi connectivity index (χ1v) is 7.27. The molecule has 5 nitrogen and oxygen atoms in total. The number of carboxylic acids is 1. The Labute approximate surface area is 138 Å². The number of carbonyl (C=O) groups is 2. The topological polar surface area (TPSA) is 78.5 Å². The van der Waals surface area contributed by atoms with Gasteiger partial charge in [0.2, 0.25) is 0 Å². The number of rotatable bonds is 6. The summed E-state index contributed by atoms with van der Waals surface area (Å²) in [5.74, 6) is -0.990. The van der Waals surface area contributed by atoms with Crippen molar-refractivity contribution in [1.29, 1.82) is 0 Å². The fraction of sp³-hybridized carbons (Fsp3) is 0.176. The lowest BCUT2D eigenvalue weighted by molar-refractivity contribution is -0.306. The van der Waals surface area contributed by atoms with Crippen LogP contribution in [0.2, 0.25) is 5.02 Å². The molecule has 0 aliphatic carbocycles. The third kappa shape index (κ3) is 4.72. The van der Waals surface area contributed by atoms with Gasteiger partial charge in [0.25, 0.3) is 5.91 Å². The summed E-state index contributed by atoms with van der Waals surface area (Å²) in [6.45, 7) is 0. The molecule has 6 heteroatoms. The number of ether oxygens (including phenoxy) is 1. The zero-order valence-electron chi connectivity index (χ0n) is 12.4. The third-order valence-corrected chi connectivity index (χ3v) is 3.55. The molecule has 1 unspecified atom stereocenters. The van der Waals surface area contributed by atoms with Crippen molar-refractivity contribution in [3.63, 3.8) is 0 Å². The quantitative estimate of drug-likeness (QED) is 0.877. The molecule has 2 aromatic carbocycles. The molecule has 0 bridgehead atoms. The van der Waals surface area contributed by atoms with E-state index in [0.717, 1.165) is 0 Å². The maximum atomic E-state index is 12.3. The molecule has 0 aliphatic rings. The van der Waals surface area contributed by atoms with Crippen LogP contribution in [-0.2, 0) is 4.79 Å². The van der Waals surface area contributed by atoms with E-state index in [1.165, 1.54) is 7.11 Å². The van der Waals surface area contributed by atoms with E-state index >= 15 is 0 Å². The van der Waals surface area contributed by atoms with Gasteiger partial charge in [0.05, 0.1) is 13.2 Å². The second-order valence-corrected chi connectivity index (χ2v) is 5.32. The van der Waals surface area contributed by atoms with Crippen LogP contribution in [0.1, 0.15) is 28.4 Å². The molecule has 23 heavy (non-hydrogen) atoms. The first-order chi connectivity index (χ1) is 11.0. The van der Waals surface area contributed by atoms with Crippen LogP contribution in [0.15, 0.2) is 48.5 Å². The number of methoxy groups -OCH3 is 1. The number of amides is 1. The molecule has 1 atom stereocenters. The molecule has 1 amide bonds. The SMILES string of the molecule is COc1ccc(C(CC(=O)[O-])NC(=O)c2ccc(Cl)cc2)cc1. The van der Waals surface area contributed by atoms with Gasteiger partial charge in [-0.3, -0.25) is 4.79 Å². The highest BCUT2D eigenvalue weighted by molar-refractivity contribution is 6.30. The summed E-state index contributed by atoms with van der Waals surface area (Å²) < 4.78 is 5.06. The minimum atomic E-state index is -1.25. The van der Waals surface area contributed by atoms with Crippen LogP contribution in [0.4, 0.5) is 0 Å². The lowest BCUT2D eigenvalue weighted by Gasteiger charge is -2.20. The second-order valence-electron chi connectivity index (χ2n) is 4.88. The molecule has 0 saturated heterocycles. The van der Waals surface area contributed by atoms with Gasteiger partial charge in [-0.25, -0.2) is 0 Å². The van der Waals surface area contributed by atoms with Crippen molar-refractivity contribution in [2.24, 2.45) is 0 Å². The second kappa shape index (κ2) is 7.65. The van der Waals surface area contributed by atoms with E-state index < -0.39 is 12.0 Å². The predicted molar refractivity (Wildman–Crippen MR) is 84.3 cm³/mol. The van der Waals surface area contributed by atoms with Crippen LogP contribution in [0.3, 0.4) is 0 Å². The van der Waals surface area contributed by atoms with Crippen LogP contribution in [0.25, 0.3) is 0 Å². The Bertz CT molecular complexity index is 683. The highest BCUT2D eigenvalue weighted by Gasteiger charge is 2.16. The average Bonchev–Trinajstić information content (AvgIpc) is 2.54. The molecule has 0 aliphatic heterocycles. The van der Waals surface area contributed by atoms with Gasteiger partial charge >= 0.3 is 0 Å². The van der Waals surface area contributed by atoms with Crippen molar-refractivity contribution in [2.75, 3.05) is 7.11 Å². The van der Waals surface area contributed by atoms with Gasteiger partial charge in [0, 0.05) is 23.0 Å². The van der Waals surface area contributed by atoms with Crippen molar-refractivity contribution < 1.29 is 19.4 Å². The number of hydrogen-bond donors (Lipinski definition) is 1. The van der Waals surface area contributed by atoms with E-state index in [0.29, 0.717) is 21.9 Å². The Kier molecular flexibility index (Phi) is 5.60. The summed E-state index contributed by atoms with van der Waals surface area (Å²) in [4.78, 5) is 23.2. The number of aliphatic carboxylic acids is 1. The number of hydrogen-bond acceptors (Lipinski definition) is 4. The van der Waals surface area contributed by atoms with Crippen molar-refractivity contribution >= 4 is 23.5 Å². The van der Waals surface area contributed by atoms with Gasteiger partial charge in [0.15, 0.2) is 0 Å². The zero-order valence-corrected chi connectivity index (χ0v) is 13.2. The standard InChI is InChI=1S/C17H16ClNO4/c1-23-14-8-4-11(5-9-14)15(10-16(20)21)19-17(22)12-2-6-13(18)7-3-12/h2-9,15H,10H2,1H3,(H,19,22)(H,20,21)/p-1. The third-order valence-electron chi connectivity index (χ3n) is 3.30. The Morgan fingerprint density at radius 1 is 1.13 bits per heavy atom. The molecule has 0 aromatic heterocycles. The highest BCUT2D eigenvalue weighted by Crippen LogP contribution is 2.21. The molecule has 2 aromatic rings. The van der Waals surface area contributed by atoms with Gasteiger partial charge in [-0.15, -0.1) is 0 Å². The molecule has 0 spiro atoms. The zero-order chi connectivity index (χ0) is 16.8. The van der Waals surface area contributed by atoms with Gasteiger partial charge in [0.1, 0.15) is 5.75 Å². The number of benzene rings is 2. The lowest BCUT2D eigenvalue weighted by atomic mass is 10.0. The van der Waals surface area contributed by atoms with Gasteiger partial charge < -0.3 is 20.0 Å². The maximum Gasteiger partial charge on any atom is 0.251 e. The molecule has 0 fully saturated rings. The minimum Gasteiger partial charge on any atom is -0.550 e. The largest absolute Gasteiger partial charge is 0.550 e. The van der Waals surface area contributed by atoms with E-state index in [-0.39, 0.29) is 12.3 Å². The molecule has 2 rings (SSSR count). The number of halogens is 1. The first kappa shape index (κ1) is 16.8. The van der Waals surface area contributed by atoms with Crippen molar-refractivity contribution in [3.8, 4) is 5.75 Å². The Balaban J connectivity index is 2.18. The summed E-state index contributed by atoms with van der Waals surface area (Å²) >= 11 is 5.79. The lowest BCUT2D eigenvalue weighted by Crippen LogP contribution is -2.34. The van der Waals surface area contributed by atoms with E-state index in [2.05, 4.69) is 5.32 Å². The number of carbonyl (C=O) groups excluding carboxylic acids is 2. The highest BCUT2D eigenvalue weighted by atomic mass is 35.5. The van der Waals surface area contributed by atoms with Gasteiger partial charge in [-0.05, 0) is 42.0 Å². The normalized spacial score (nSPS) is 11.6. The Hall–Kier alpha value is -2.53. The summed E-state index contributed by atoms with van der Waals surface area (Å²) in [6.07, 6.45) is -0.328. The maximum absolute atomic E-state index is 12.3. The van der Waals surface area contributed by atoms with Crippen LogP contribution in [0.5, 0.6) is 5.75 Å². The summed E-state index contributed by atoms with van der Waals surface area (Å²) in [5.41, 5.74) is 1.04. The number of carboxylic acid groups (broad SMARTS) is 1. The molecular formula is C17H15ClNO4-. The van der Waals surface area contributed by atoms with Gasteiger partial charge in [-0.2, -0.15) is 0 Å². The van der Waals surface area contributed by atoms with Crippen molar-refractivity contribution in [2.45, 2.75) is 12.5 Å². The summed E-state index contributed by atoms with van der Waals surface area (Å²) in [7, 11) is 1.54. The average molecular weight is 333 g/mol. The van der Waals surface area contributed by atoms with Crippen LogP contribution < -0.4 is 15.2 Å². The smallest absolute Gasteiger partial charge is 0.251 e. The monoisotopic (exact) mass is 332 g/mol. The first-order valence-electron chi connectivity index (χ1n) is 6.90. The number of nitrogens with one attached hydrogen (secondary N) is 1. The summed E-state index contributed by atoms with van der Waals surface area (Å²) in [6, 6.07) is 12.4. The van der Waals surface area contributed by atoms with Crippen molar-refractivity contribution in [1.82, 2.24) is 5.32 Å². The van der Waals surface area contributed by atoms with Crippen LogP contribution in [-0.4, -0.2) is 19.0 Å². The Morgan fingerprint density at radius 3 is 2.26 bits per heavy atom. The predicted octanol–water partition coefficient (Wildman–Crippen LogP) is 1.96. The van der Waals surface area contributed by atoms with Gasteiger partial charge in [-0.1, -0.05) is 23.7 Å². The Morgan fingerprint density at radius 2 is 1.74 bits per heavy atom. The van der Waals surface area contributed by atoms with E-state index in [1.54, 1.807) is 48.5 Å². The molecule has 0 heterocycles. The minimum absolute atomic E-state index is 0.328.